The zero-order valence-electron chi connectivity index (χ0n) is 22.0. The summed E-state index contributed by atoms with van der Waals surface area (Å²) >= 11 is 3.46. The SMILES string of the molecule is Cc1cc(C)cc(N(CCCC(=O)N(Cc2cccc(Br)c2)[C@@H](C)C(=O)NCC(C)C)S(C)(=O)=O)c1. The van der Waals surface area contributed by atoms with E-state index in [1.54, 1.807) is 11.8 Å². The summed E-state index contributed by atoms with van der Waals surface area (Å²) in [4.78, 5) is 27.7. The Kier molecular flexibility index (Phi) is 11.0. The normalized spacial score (nSPS) is 12.3. The van der Waals surface area contributed by atoms with Crippen molar-refractivity contribution < 1.29 is 18.0 Å². The third-order valence-electron chi connectivity index (χ3n) is 5.74. The minimum absolute atomic E-state index is 0.118. The molecule has 0 unspecified atom stereocenters. The van der Waals surface area contributed by atoms with Gasteiger partial charge in [-0.3, -0.25) is 13.9 Å². The van der Waals surface area contributed by atoms with Crippen LogP contribution in [0, 0.1) is 19.8 Å². The Morgan fingerprint density at radius 1 is 1.03 bits per heavy atom. The first kappa shape index (κ1) is 29.8. The fraction of sp³-hybridized carbons (Fsp3) is 0.481. The molecule has 7 nitrogen and oxygen atoms in total. The Balaban J connectivity index is 2.18. The van der Waals surface area contributed by atoms with Crippen LogP contribution in [-0.2, 0) is 26.2 Å². The summed E-state index contributed by atoms with van der Waals surface area (Å²) < 4.78 is 27.3. The number of nitrogens with zero attached hydrogens (tertiary/aromatic N) is 2. The number of benzene rings is 2. The number of hydrogen-bond acceptors (Lipinski definition) is 4. The molecule has 2 aromatic rings. The van der Waals surface area contributed by atoms with E-state index in [1.165, 1.54) is 10.6 Å². The van der Waals surface area contributed by atoms with Crippen LogP contribution >= 0.6 is 15.9 Å². The molecule has 0 aliphatic rings. The number of aryl methyl sites for hydroxylation is 2. The average Bonchev–Trinajstić information content (AvgIpc) is 2.76. The van der Waals surface area contributed by atoms with E-state index in [4.69, 9.17) is 0 Å². The van der Waals surface area contributed by atoms with Gasteiger partial charge >= 0.3 is 0 Å². The molecule has 0 spiro atoms. The van der Waals surface area contributed by atoms with Crippen molar-refractivity contribution in [2.45, 2.75) is 60.0 Å². The molecule has 0 saturated heterocycles. The highest BCUT2D eigenvalue weighted by atomic mass is 79.9. The van der Waals surface area contributed by atoms with Gasteiger partial charge in [0.25, 0.3) is 0 Å². The van der Waals surface area contributed by atoms with Crippen LogP contribution in [-0.4, -0.2) is 50.5 Å². The zero-order chi connectivity index (χ0) is 27.0. The zero-order valence-corrected chi connectivity index (χ0v) is 24.4. The van der Waals surface area contributed by atoms with Crippen LogP contribution in [0.15, 0.2) is 46.9 Å². The second-order valence-electron chi connectivity index (χ2n) is 9.75. The molecule has 2 amide bonds. The van der Waals surface area contributed by atoms with Crippen molar-refractivity contribution in [1.29, 1.82) is 0 Å². The van der Waals surface area contributed by atoms with Crippen molar-refractivity contribution in [3.63, 3.8) is 0 Å². The first-order valence-electron chi connectivity index (χ1n) is 12.2. The molecule has 0 fully saturated rings. The van der Waals surface area contributed by atoms with Gasteiger partial charge in [0.2, 0.25) is 21.8 Å². The Labute approximate surface area is 224 Å². The van der Waals surface area contributed by atoms with E-state index >= 15 is 0 Å². The Hall–Kier alpha value is -2.39. The minimum atomic E-state index is -3.53. The average molecular weight is 581 g/mol. The van der Waals surface area contributed by atoms with Crippen molar-refractivity contribution in [2.75, 3.05) is 23.7 Å². The monoisotopic (exact) mass is 579 g/mol. The van der Waals surface area contributed by atoms with Crippen LogP contribution in [0.1, 0.15) is 50.3 Å². The first-order chi connectivity index (χ1) is 16.8. The second-order valence-corrected chi connectivity index (χ2v) is 12.6. The van der Waals surface area contributed by atoms with Gasteiger partial charge in [0.1, 0.15) is 6.04 Å². The van der Waals surface area contributed by atoms with Crippen LogP contribution in [0.5, 0.6) is 0 Å². The molecule has 0 aliphatic heterocycles. The maximum Gasteiger partial charge on any atom is 0.242 e. The summed E-state index contributed by atoms with van der Waals surface area (Å²) in [5, 5.41) is 2.91. The summed E-state index contributed by atoms with van der Waals surface area (Å²) in [6.45, 7) is 10.6. The predicted octanol–water partition coefficient (Wildman–Crippen LogP) is 4.80. The Morgan fingerprint density at radius 2 is 1.67 bits per heavy atom. The summed E-state index contributed by atoms with van der Waals surface area (Å²) in [7, 11) is -3.53. The van der Waals surface area contributed by atoms with Crippen LogP contribution < -0.4 is 9.62 Å². The third-order valence-corrected chi connectivity index (χ3v) is 7.43. The van der Waals surface area contributed by atoms with Gasteiger partial charge in [-0.15, -0.1) is 0 Å². The lowest BCUT2D eigenvalue weighted by atomic mass is 10.1. The molecule has 198 valence electrons. The molecular weight excluding hydrogens is 542 g/mol. The predicted molar refractivity (Wildman–Crippen MR) is 149 cm³/mol. The smallest absolute Gasteiger partial charge is 0.242 e. The summed E-state index contributed by atoms with van der Waals surface area (Å²) in [6, 6.07) is 12.6. The topological polar surface area (TPSA) is 86.8 Å². The summed E-state index contributed by atoms with van der Waals surface area (Å²) in [5.74, 6) is -0.112. The van der Waals surface area contributed by atoms with E-state index in [0.29, 0.717) is 24.6 Å². The van der Waals surface area contributed by atoms with E-state index < -0.39 is 16.1 Å². The molecule has 0 aliphatic carbocycles. The highest BCUT2D eigenvalue weighted by molar-refractivity contribution is 9.10. The van der Waals surface area contributed by atoms with Gasteiger partial charge in [-0.1, -0.05) is 48.0 Å². The third kappa shape index (κ3) is 9.24. The Morgan fingerprint density at radius 3 is 2.22 bits per heavy atom. The molecule has 1 atom stereocenters. The first-order valence-corrected chi connectivity index (χ1v) is 14.8. The van der Waals surface area contributed by atoms with Gasteiger partial charge < -0.3 is 10.2 Å². The van der Waals surface area contributed by atoms with E-state index in [1.807, 2.05) is 70.2 Å². The van der Waals surface area contributed by atoms with Gasteiger partial charge in [0.05, 0.1) is 11.9 Å². The molecule has 9 heteroatoms. The lowest BCUT2D eigenvalue weighted by Gasteiger charge is -2.30. The van der Waals surface area contributed by atoms with E-state index in [9.17, 15) is 18.0 Å². The van der Waals surface area contributed by atoms with Gasteiger partial charge in [0.15, 0.2) is 0 Å². The maximum atomic E-state index is 13.4. The van der Waals surface area contributed by atoms with Crippen molar-refractivity contribution in [1.82, 2.24) is 10.2 Å². The van der Waals surface area contributed by atoms with E-state index in [0.717, 1.165) is 21.2 Å². The Bertz CT molecular complexity index is 1150. The number of amides is 2. The van der Waals surface area contributed by atoms with Gasteiger partial charge in [-0.25, -0.2) is 8.42 Å². The molecule has 1 N–H and O–H groups in total. The van der Waals surface area contributed by atoms with Crippen molar-refractivity contribution in [2.24, 2.45) is 5.92 Å². The van der Waals surface area contributed by atoms with Crippen molar-refractivity contribution in [3.8, 4) is 0 Å². The van der Waals surface area contributed by atoms with Crippen LogP contribution in [0.2, 0.25) is 0 Å². The number of halogens is 1. The molecule has 36 heavy (non-hydrogen) atoms. The number of carbonyl (C=O) groups excluding carboxylic acids is 2. The number of carbonyl (C=O) groups is 2. The van der Waals surface area contributed by atoms with Crippen LogP contribution in [0.25, 0.3) is 0 Å². The largest absolute Gasteiger partial charge is 0.354 e. The minimum Gasteiger partial charge on any atom is -0.354 e. The number of hydrogen-bond donors (Lipinski definition) is 1. The molecule has 0 aromatic heterocycles. The van der Waals surface area contributed by atoms with Gasteiger partial charge in [-0.05, 0) is 74.1 Å². The second kappa shape index (κ2) is 13.2. The summed E-state index contributed by atoms with van der Waals surface area (Å²) in [6.07, 6.45) is 1.62. The lowest BCUT2D eigenvalue weighted by molar-refractivity contribution is -0.140. The molecule has 0 saturated carbocycles. The molecule has 0 radical (unpaired) electrons. The van der Waals surface area contributed by atoms with E-state index in [-0.39, 0.29) is 31.3 Å². The summed E-state index contributed by atoms with van der Waals surface area (Å²) in [5.41, 5.74) is 3.43. The molecule has 0 bridgehead atoms. The van der Waals surface area contributed by atoms with Crippen LogP contribution in [0.3, 0.4) is 0 Å². The quantitative estimate of drug-likeness (QED) is 0.391. The van der Waals surface area contributed by atoms with Gasteiger partial charge in [-0.2, -0.15) is 0 Å². The van der Waals surface area contributed by atoms with Crippen LogP contribution in [0.4, 0.5) is 5.69 Å². The fourth-order valence-electron chi connectivity index (χ4n) is 3.97. The molecule has 2 aromatic carbocycles. The van der Waals surface area contributed by atoms with Crippen molar-refractivity contribution >= 4 is 43.5 Å². The fourth-order valence-corrected chi connectivity index (χ4v) is 5.36. The number of rotatable bonds is 12. The number of anilines is 1. The van der Waals surface area contributed by atoms with E-state index in [2.05, 4.69) is 21.2 Å². The maximum absolute atomic E-state index is 13.4. The van der Waals surface area contributed by atoms with Crippen molar-refractivity contribution in [3.05, 3.63) is 63.6 Å². The highest BCUT2D eigenvalue weighted by Gasteiger charge is 2.27. The van der Waals surface area contributed by atoms with Gasteiger partial charge in [0, 0.05) is 30.5 Å². The standard InChI is InChI=1S/C27H38BrN3O4S/c1-19(2)17-29-27(33)22(5)30(18-23-9-7-10-24(28)16-23)26(32)11-8-12-31(36(6,34)35)25-14-20(3)13-21(4)15-25/h7,9-10,13-16,19,22H,8,11-12,17-18H2,1-6H3,(H,29,33)/t22-/m0/s1. The number of sulfonamides is 1. The molecular formula is C27H38BrN3O4S. The number of nitrogens with one attached hydrogen (secondary N) is 1. The highest BCUT2D eigenvalue weighted by Crippen LogP contribution is 2.22. The lowest BCUT2D eigenvalue weighted by Crippen LogP contribution is -2.48. The molecule has 0 heterocycles. The molecule has 2 rings (SSSR count).